The fourth-order valence-electron chi connectivity index (χ4n) is 3.36. The molecular formula is C22H14ClNS. The average Bonchev–Trinajstić information content (AvgIpc) is 2.65. The highest BCUT2D eigenvalue weighted by Crippen LogP contribution is 2.48. The molecule has 0 aliphatic carbocycles. The fourth-order valence-corrected chi connectivity index (χ4v) is 4.67. The maximum absolute atomic E-state index is 6.28. The molecule has 1 aliphatic heterocycles. The van der Waals surface area contributed by atoms with Gasteiger partial charge in [-0.15, -0.1) is 0 Å². The molecule has 1 nitrogen and oxygen atoms in total. The van der Waals surface area contributed by atoms with E-state index < -0.39 is 0 Å². The number of fused-ring (bicyclic) bond motifs is 2. The zero-order chi connectivity index (χ0) is 16.8. The smallest absolute Gasteiger partial charge is 0.0640 e. The highest BCUT2D eigenvalue weighted by Gasteiger charge is 2.19. The Labute approximate surface area is 155 Å². The fraction of sp³-hybridized carbons (Fsp3) is 0. The van der Waals surface area contributed by atoms with E-state index in [2.05, 4.69) is 59.9 Å². The van der Waals surface area contributed by atoms with Crippen LogP contribution in [0.1, 0.15) is 0 Å². The maximum atomic E-state index is 6.28. The molecule has 0 radical (unpaired) electrons. The molecule has 4 aromatic carbocycles. The average molecular weight is 360 g/mol. The van der Waals surface area contributed by atoms with E-state index >= 15 is 0 Å². The lowest BCUT2D eigenvalue weighted by atomic mass is 9.97. The van der Waals surface area contributed by atoms with Crippen LogP contribution in [-0.4, -0.2) is 0 Å². The van der Waals surface area contributed by atoms with Gasteiger partial charge in [0.2, 0.25) is 0 Å². The lowest BCUT2D eigenvalue weighted by Crippen LogP contribution is -1.96. The van der Waals surface area contributed by atoms with E-state index in [-0.39, 0.29) is 0 Å². The second-order valence-electron chi connectivity index (χ2n) is 6.08. The summed E-state index contributed by atoms with van der Waals surface area (Å²) in [5.74, 6) is 0. The minimum Gasteiger partial charge on any atom is -0.354 e. The van der Waals surface area contributed by atoms with Crippen LogP contribution in [0.25, 0.3) is 21.9 Å². The van der Waals surface area contributed by atoms with Gasteiger partial charge in [-0.3, -0.25) is 0 Å². The van der Waals surface area contributed by atoms with Crippen LogP contribution in [0.3, 0.4) is 0 Å². The minimum atomic E-state index is 0.724. The van der Waals surface area contributed by atoms with E-state index in [1.165, 1.54) is 31.7 Å². The molecule has 0 spiro atoms. The van der Waals surface area contributed by atoms with Gasteiger partial charge < -0.3 is 5.32 Å². The van der Waals surface area contributed by atoms with Gasteiger partial charge >= 0.3 is 0 Å². The molecule has 0 saturated carbocycles. The van der Waals surface area contributed by atoms with Crippen LogP contribution in [0.15, 0.2) is 88.7 Å². The van der Waals surface area contributed by atoms with E-state index in [1.54, 1.807) is 0 Å². The molecule has 1 N–H and O–H groups in total. The van der Waals surface area contributed by atoms with Crippen molar-refractivity contribution in [2.45, 2.75) is 9.79 Å². The molecule has 1 heterocycles. The van der Waals surface area contributed by atoms with Crippen LogP contribution in [0.4, 0.5) is 11.4 Å². The standard InChI is InChI=1S/C22H14ClNS/c23-18-8-1-2-9-19(18)24-15-11-12-20-17(13-15)16-7-3-5-14-6-4-10-21(25-20)22(14)16/h1-13,24H. The van der Waals surface area contributed by atoms with Gasteiger partial charge in [0, 0.05) is 20.9 Å². The minimum absolute atomic E-state index is 0.724. The molecule has 0 unspecified atom stereocenters. The Balaban J connectivity index is 1.65. The predicted molar refractivity (Wildman–Crippen MR) is 108 cm³/mol. The van der Waals surface area contributed by atoms with Gasteiger partial charge in [-0.05, 0) is 52.9 Å². The predicted octanol–water partition coefficient (Wildman–Crippen LogP) is 7.37. The number of rotatable bonds is 2. The first kappa shape index (κ1) is 14.9. The SMILES string of the molecule is Clc1ccccc1Nc1ccc2c(c1)-c1cccc3cccc(c13)S2. The van der Waals surface area contributed by atoms with Crippen molar-refractivity contribution < 1.29 is 0 Å². The summed E-state index contributed by atoms with van der Waals surface area (Å²) >= 11 is 8.12. The summed E-state index contributed by atoms with van der Waals surface area (Å²) in [5, 5.41) is 6.80. The van der Waals surface area contributed by atoms with E-state index in [0.717, 1.165) is 16.4 Å². The monoisotopic (exact) mass is 359 g/mol. The van der Waals surface area contributed by atoms with Gasteiger partial charge in [-0.2, -0.15) is 0 Å². The van der Waals surface area contributed by atoms with Crippen LogP contribution in [0, 0.1) is 0 Å². The van der Waals surface area contributed by atoms with Gasteiger partial charge in [0.1, 0.15) is 0 Å². The molecule has 0 aromatic heterocycles. The van der Waals surface area contributed by atoms with Crippen molar-refractivity contribution in [2.24, 2.45) is 0 Å². The third-order valence-corrected chi connectivity index (χ3v) is 5.97. The van der Waals surface area contributed by atoms with E-state index in [0.29, 0.717) is 0 Å². The van der Waals surface area contributed by atoms with E-state index in [1.807, 2.05) is 36.0 Å². The summed E-state index contributed by atoms with van der Waals surface area (Å²) in [5.41, 5.74) is 4.53. The van der Waals surface area contributed by atoms with Crippen LogP contribution in [0.2, 0.25) is 5.02 Å². The molecule has 120 valence electrons. The maximum Gasteiger partial charge on any atom is 0.0640 e. The molecule has 3 heteroatoms. The zero-order valence-corrected chi connectivity index (χ0v) is 14.9. The Kier molecular flexibility index (Phi) is 3.47. The first-order chi connectivity index (χ1) is 12.3. The molecule has 0 fully saturated rings. The molecule has 25 heavy (non-hydrogen) atoms. The van der Waals surface area contributed by atoms with Crippen molar-refractivity contribution in [3.8, 4) is 11.1 Å². The number of benzene rings is 4. The Morgan fingerprint density at radius 3 is 2.44 bits per heavy atom. The van der Waals surface area contributed by atoms with E-state index in [9.17, 15) is 0 Å². The van der Waals surface area contributed by atoms with Crippen molar-refractivity contribution in [2.75, 3.05) is 5.32 Å². The number of halogens is 1. The topological polar surface area (TPSA) is 12.0 Å². The summed E-state index contributed by atoms with van der Waals surface area (Å²) < 4.78 is 0. The summed E-state index contributed by atoms with van der Waals surface area (Å²) in [6.07, 6.45) is 0. The van der Waals surface area contributed by atoms with Crippen molar-refractivity contribution in [3.63, 3.8) is 0 Å². The van der Waals surface area contributed by atoms with E-state index in [4.69, 9.17) is 11.6 Å². The Morgan fingerprint density at radius 1 is 0.720 bits per heavy atom. The number of hydrogen-bond donors (Lipinski definition) is 1. The number of para-hydroxylation sites is 1. The molecule has 5 rings (SSSR count). The molecule has 0 saturated heterocycles. The van der Waals surface area contributed by atoms with Gasteiger partial charge in [-0.25, -0.2) is 0 Å². The van der Waals surface area contributed by atoms with Crippen LogP contribution in [0.5, 0.6) is 0 Å². The second-order valence-corrected chi connectivity index (χ2v) is 7.57. The zero-order valence-electron chi connectivity index (χ0n) is 13.3. The first-order valence-corrected chi connectivity index (χ1v) is 9.35. The summed E-state index contributed by atoms with van der Waals surface area (Å²) in [4.78, 5) is 2.61. The Hall–Kier alpha value is -2.42. The highest BCUT2D eigenvalue weighted by molar-refractivity contribution is 7.99. The lowest BCUT2D eigenvalue weighted by molar-refractivity contribution is 1.39. The quantitative estimate of drug-likeness (QED) is 0.353. The van der Waals surface area contributed by atoms with Crippen molar-refractivity contribution in [3.05, 3.63) is 83.9 Å². The number of anilines is 2. The molecule has 0 bridgehead atoms. The van der Waals surface area contributed by atoms with Crippen LogP contribution < -0.4 is 5.32 Å². The van der Waals surface area contributed by atoms with Gasteiger partial charge in [-0.1, -0.05) is 65.8 Å². The molecule has 4 aromatic rings. The van der Waals surface area contributed by atoms with Gasteiger partial charge in [0.15, 0.2) is 0 Å². The van der Waals surface area contributed by atoms with Crippen molar-refractivity contribution in [1.82, 2.24) is 0 Å². The Bertz CT molecular complexity index is 1110. The molecule has 0 amide bonds. The summed E-state index contributed by atoms with van der Waals surface area (Å²) in [7, 11) is 0. The second kappa shape index (κ2) is 5.83. The lowest BCUT2D eigenvalue weighted by Gasteiger charge is -2.21. The number of nitrogens with one attached hydrogen (secondary N) is 1. The first-order valence-electron chi connectivity index (χ1n) is 8.15. The highest BCUT2D eigenvalue weighted by atomic mass is 35.5. The summed E-state index contributed by atoms with van der Waals surface area (Å²) in [6, 6.07) is 27.4. The molecule has 0 atom stereocenters. The van der Waals surface area contributed by atoms with Gasteiger partial charge in [0.05, 0.1) is 10.7 Å². The number of hydrogen-bond acceptors (Lipinski definition) is 2. The van der Waals surface area contributed by atoms with Crippen molar-refractivity contribution in [1.29, 1.82) is 0 Å². The van der Waals surface area contributed by atoms with Crippen molar-refractivity contribution >= 4 is 45.5 Å². The normalized spacial score (nSPS) is 12.0. The largest absolute Gasteiger partial charge is 0.354 e. The third kappa shape index (κ3) is 2.50. The third-order valence-electron chi connectivity index (χ3n) is 4.51. The van der Waals surface area contributed by atoms with Crippen LogP contribution >= 0.6 is 23.4 Å². The molecule has 1 aliphatic rings. The van der Waals surface area contributed by atoms with Crippen LogP contribution in [-0.2, 0) is 0 Å². The molecular weight excluding hydrogens is 346 g/mol. The summed E-state index contributed by atoms with van der Waals surface area (Å²) in [6.45, 7) is 0. The Morgan fingerprint density at radius 2 is 1.56 bits per heavy atom. The van der Waals surface area contributed by atoms with Gasteiger partial charge in [0.25, 0.3) is 0 Å².